The molecule has 0 aromatic heterocycles. The van der Waals surface area contributed by atoms with Crippen LogP contribution in [0.4, 0.5) is 0 Å². The van der Waals surface area contributed by atoms with E-state index in [9.17, 15) is 14.4 Å². The molecule has 1 N–H and O–H groups in total. The van der Waals surface area contributed by atoms with Crippen LogP contribution in [0.2, 0.25) is 0 Å². The van der Waals surface area contributed by atoms with E-state index in [2.05, 4.69) is 0 Å². The quantitative estimate of drug-likeness (QED) is 0.618. The highest BCUT2D eigenvalue weighted by atomic mass is 16.4. The lowest BCUT2D eigenvalue weighted by Gasteiger charge is -2.10. The predicted octanol–water partition coefficient (Wildman–Crippen LogP) is 2.11. The average Bonchev–Trinajstić information content (AvgIpc) is 2.35. The van der Waals surface area contributed by atoms with E-state index in [1.807, 2.05) is 0 Å². The van der Waals surface area contributed by atoms with Crippen molar-refractivity contribution in [2.75, 3.05) is 0 Å². The molecule has 1 unspecified atom stereocenters. The molecule has 96 valence electrons. The van der Waals surface area contributed by atoms with Gasteiger partial charge in [-0.2, -0.15) is 0 Å². The Morgan fingerprint density at radius 2 is 1.72 bits per heavy atom. The van der Waals surface area contributed by atoms with E-state index in [0.29, 0.717) is 5.56 Å². The Labute approximate surface area is 106 Å². The van der Waals surface area contributed by atoms with Gasteiger partial charge < -0.3 is 5.11 Å². The third-order valence-electron chi connectivity index (χ3n) is 2.84. The fourth-order valence-electron chi connectivity index (χ4n) is 1.70. The summed E-state index contributed by atoms with van der Waals surface area (Å²) in [6, 6.07) is 6.67. The van der Waals surface area contributed by atoms with Gasteiger partial charge >= 0.3 is 5.97 Å². The summed E-state index contributed by atoms with van der Waals surface area (Å²) in [6.07, 6.45) is 0.378. The third kappa shape index (κ3) is 3.52. The zero-order valence-corrected chi connectivity index (χ0v) is 10.5. The average molecular weight is 248 g/mol. The Balaban J connectivity index is 2.85. The van der Waals surface area contributed by atoms with E-state index < -0.39 is 11.9 Å². The van der Waals surface area contributed by atoms with E-state index in [0.717, 1.165) is 5.56 Å². The second-order valence-corrected chi connectivity index (χ2v) is 4.17. The smallest absolute Gasteiger partial charge is 0.314 e. The molecule has 1 rings (SSSR count). The van der Waals surface area contributed by atoms with Crippen molar-refractivity contribution >= 4 is 17.5 Å². The Kier molecular flexibility index (Phi) is 4.77. The molecule has 0 amide bonds. The van der Waals surface area contributed by atoms with Gasteiger partial charge in [0, 0.05) is 12.0 Å². The summed E-state index contributed by atoms with van der Waals surface area (Å²) in [5, 5.41) is 9.00. The maximum absolute atomic E-state index is 11.5. The zero-order chi connectivity index (χ0) is 13.7. The number of carbonyl (C=O) groups is 3. The molecule has 1 aromatic carbocycles. The molecular formula is C14H16O4. The van der Waals surface area contributed by atoms with Crippen molar-refractivity contribution in [3.63, 3.8) is 0 Å². The van der Waals surface area contributed by atoms with Gasteiger partial charge in [-0.25, -0.2) is 0 Å². The molecule has 0 heterocycles. The molecule has 0 saturated carbocycles. The highest BCUT2D eigenvalue weighted by Gasteiger charge is 2.24. The number of carboxylic acids is 1. The third-order valence-corrected chi connectivity index (χ3v) is 2.84. The molecule has 0 fully saturated rings. The standard InChI is InChI=1S/C14H16O4/c1-3-13(16)12(14(17)18)8-10-4-6-11(7-5-10)9(2)15/h4-7,12H,3,8H2,1-2H3,(H,17,18). The van der Waals surface area contributed by atoms with Gasteiger partial charge in [0.05, 0.1) is 0 Å². The molecular weight excluding hydrogens is 232 g/mol. The summed E-state index contributed by atoms with van der Waals surface area (Å²) in [7, 11) is 0. The van der Waals surface area contributed by atoms with Crippen LogP contribution in [0.1, 0.15) is 36.2 Å². The first-order chi connectivity index (χ1) is 8.45. The van der Waals surface area contributed by atoms with E-state index in [1.165, 1.54) is 6.92 Å². The van der Waals surface area contributed by atoms with E-state index in [4.69, 9.17) is 5.11 Å². The zero-order valence-electron chi connectivity index (χ0n) is 10.5. The van der Waals surface area contributed by atoms with Gasteiger partial charge in [-0.05, 0) is 18.9 Å². The first-order valence-corrected chi connectivity index (χ1v) is 5.81. The van der Waals surface area contributed by atoms with Crippen LogP contribution in [-0.4, -0.2) is 22.6 Å². The van der Waals surface area contributed by atoms with Gasteiger partial charge in [0.1, 0.15) is 11.7 Å². The minimum absolute atomic E-state index is 0.0408. The maximum atomic E-state index is 11.5. The number of aliphatic carboxylic acids is 1. The van der Waals surface area contributed by atoms with Gasteiger partial charge in [-0.3, -0.25) is 14.4 Å². The molecule has 0 aliphatic rings. The molecule has 0 spiro atoms. The number of hydrogen-bond acceptors (Lipinski definition) is 3. The lowest BCUT2D eigenvalue weighted by atomic mass is 9.93. The molecule has 0 radical (unpaired) electrons. The number of carboxylic acid groups (broad SMARTS) is 1. The largest absolute Gasteiger partial charge is 0.481 e. The SMILES string of the molecule is CCC(=O)C(Cc1ccc(C(C)=O)cc1)C(=O)O. The van der Waals surface area contributed by atoms with Crippen molar-refractivity contribution in [3.8, 4) is 0 Å². The monoisotopic (exact) mass is 248 g/mol. The number of benzene rings is 1. The minimum Gasteiger partial charge on any atom is -0.481 e. The highest BCUT2D eigenvalue weighted by molar-refractivity contribution is 5.98. The van der Waals surface area contributed by atoms with Crippen LogP contribution in [0.25, 0.3) is 0 Å². The first-order valence-electron chi connectivity index (χ1n) is 5.81. The van der Waals surface area contributed by atoms with Crippen LogP contribution >= 0.6 is 0 Å². The minimum atomic E-state index is -1.10. The summed E-state index contributed by atoms with van der Waals surface area (Å²) in [5.74, 6) is -2.42. The molecule has 0 bridgehead atoms. The molecule has 0 aliphatic heterocycles. The normalized spacial score (nSPS) is 11.9. The number of Topliss-reactive ketones (excluding diaryl/α,β-unsaturated/α-hetero) is 2. The topological polar surface area (TPSA) is 71.4 Å². The Bertz CT molecular complexity index is 459. The summed E-state index contributed by atoms with van der Waals surface area (Å²) in [6.45, 7) is 3.12. The summed E-state index contributed by atoms with van der Waals surface area (Å²) in [5.41, 5.74) is 1.32. The number of rotatable bonds is 6. The molecule has 0 saturated heterocycles. The van der Waals surface area contributed by atoms with Crippen LogP contribution < -0.4 is 0 Å². The van der Waals surface area contributed by atoms with Crippen molar-refractivity contribution in [2.24, 2.45) is 5.92 Å². The summed E-state index contributed by atoms with van der Waals surface area (Å²) in [4.78, 5) is 33.6. The van der Waals surface area contributed by atoms with Crippen LogP contribution in [0, 0.1) is 5.92 Å². The van der Waals surface area contributed by atoms with Crippen LogP contribution in [0.15, 0.2) is 24.3 Å². The van der Waals surface area contributed by atoms with Gasteiger partial charge in [-0.15, -0.1) is 0 Å². The molecule has 4 heteroatoms. The second-order valence-electron chi connectivity index (χ2n) is 4.17. The fourth-order valence-corrected chi connectivity index (χ4v) is 1.70. The van der Waals surface area contributed by atoms with Gasteiger partial charge in [0.25, 0.3) is 0 Å². The molecule has 1 aromatic rings. The Hall–Kier alpha value is -1.97. The van der Waals surface area contributed by atoms with E-state index in [1.54, 1.807) is 31.2 Å². The van der Waals surface area contributed by atoms with Crippen LogP contribution in [-0.2, 0) is 16.0 Å². The number of hydrogen-bond donors (Lipinski definition) is 1. The molecule has 4 nitrogen and oxygen atoms in total. The fraction of sp³-hybridized carbons (Fsp3) is 0.357. The van der Waals surface area contributed by atoms with Crippen molar-refractivity contribution in [1.82, 2.24) is 0 Å². The Morgan fingerprint density at radius 3 is 2.11 bits per heavy atom. The summed E-state index contributed by atoms with van der Waals surface area (Å²) >= 11 is 0. The lowest BCUT2D eigenvalue weighted by molar-refractivity contribution is -0.146. The molecule has 0 aliphatic carbocycles. The van der Waals surface area contributed by atoms with Crippen molar-refractivity contribution < 1.29 is 19.5 Å². The second kappa shape index (κ2) is 6.10. The van der Waals surface area contributed by atoms with Crippen LogP contribution in [0.3, 0.4) is 0 Å². The number of carbonyl (C=O) groups excluding carboxylic acids is 2. The highest BCUT2D eigenvalue weighted by Crippen LogP contribution is 2.13. The van der Waals surface area contributed by atoms with Gasteiger partial charge in [0.2, 0.25) is 0 Å². The lowest BCUT2D eigenvalue weighted by Crippen LogP contribution is -2.25. The first kappa shape index (κ1) is 14.1. The van der Waals surface area contributed by atoms with Gasteiger partial charge in [0.15, 0.2) is 5.78 Å². The van der Waals surface area contributed by atoms with Crippen molar-refractivity contribution in [2.45, 2.75) is 26.7 Å². The van der Waals surface area contributed by atoms with Crippen molar-refractivity contribution in [1.29, 1.82) is 0 Å². The molecule has 18 heavy (non-hydrogen) atoms. The van der Waals surface area contributed by atoms with Crippen molar-refractivity contribution in [3.05, 3.63) is 35.4 Å². The van der Waals surface area contributed by atoms with E-state index >= 15 is 0 Å². The predicted molar refractivity (Wildman–Crippen MR) is 66.6 cm³/mol. The van der Waals surface area contributed by atoms with E-state index in [-0.39, 0.29) is 24.4 Å². The number of ketones is 2. The Morgan fingerprint density at radius 1 is 1.17 bits per heavy atom. The van der Waals surface area contributed by atoms with Gasteiger partial charge in [-0.1, -0.05) is 31.2 Å². The molecule has 1 atom stereocenters. The summed E-state index contributed by atoms with van der Waals surface area (Å²) < 4.78 is 0. The van der Waals surface area contributed by atoms with Crippen LogP contribution in [0.5, 0.6) is 0 Å². The maximum Gasteiger partial charge on any atom is 0.314 e.